The molecule has 1 atom stereocenters. The van der Waals surface area contributed by atoms with Gasteiger partial charge in [-0.3, -0.25) is 4.79 Å². The number of rotatable bonds is 6. The van der Waals surface area contributed by atoms with Gasteiger partial charge in [0.05, 0.1) is 6.04 Å². The highest BCUT2D eigenvalue weighted by Crippen LogP contribution is 2.18. The molecule has 1 amide bonds. The first-order chi connectivity index (χ1) is 10.1. The summed E-state index contributed by atoms with van der Waals surface area (Å²) in [4.78, 5) is 15.6. The van der Waals surface area contributed by atoms with Gasteiger partial charge in [0.1, 0.15) is 0 Å². The van der Waals surface area contributed by atoms with Crippen molar-refractivity contribution in [2.24, 2.45) is 5.73 Å². The summed E-state index contributed by atoms with van der Waals surface area (Å²) in [5, 5.41) is 6.66. The molecule has 21 heavy (non-hydrogen) atoms. The Morgan fingerprint density at radius 2 is 2.10 bits per heavy atom. The lowest BCUT2D eigenvalue weighted by molar-refractivity contribution is -0.121. The molecular formula is C15H20N4O2. The summed E-state index contributed by atoms with van der Waals surface area (Å²) in [6.07, 6.45) is 1.50. The fourth-order valence-corrected chi connectivity index (χ4v) is 1.82. The van der Waals surface area contributed by atoms with Crippen LogP contribution in [0.5, 0.6) is 0 Å². The molecule has 1 heterocycles. The largest absolute Gasteiger partial charge is 0.354 e. The smallest absolute Gasteiger partial charge is 0.257 e. The Hall–Kier alpha value is -2.21. The van der Waals surface area contributed by atoms with Crippen LogP contribution in [0.4, 0.5) is 0 Å². The molecule has 2 rings (SSSR count). The van der Waals surface area contributed by atoms with Gasteiger partial charge in [0.2, 0.25) is 5.91 Å². The lowest BCUT2D eigenvalue weighted by Crippen LogP contribution is -2.39. The summed E-state index contributed by atoms with van der Waals surface area (Å²) in [5.41, 5.74) is 7.50. The van der Waals surface area contributed by atoms with Crippen LogP contribution >= 0.6 is 0 Å². The molecule has 112 valence electrons. The summed E-state index contributed by atoms with van der Waals surface area (Å²) in [6, 6.07) is 7.38. The van der Waals surface area contributed by atoms with Crippen LogP contribution in [0, 0.1) is 0 Å². The average molecular weight is 288 g/mol. The molecule has 0 fully saturated rings. The van der Waals surface area contributed by atoms with Crippen LogP contribution in [-0.4, -0.2) is 28.6 Å². The number of hydrogen-bond acceptors (Lipinski definition) is 5. The van der Waals surface area contributed by atoms with E-state index in [1.807, 2.05) is 31.2 Å². The minimum absolute atomic E-state index is 0.135. The van der Waals surface area contributed by atoms with Crippen LogP contribution in [0.25, 0.3) is 11.5 Å². The molecule has 1 aromatic heterocycles. The molecule has 0 bridgehead atoms. The number of amides is 1. The van der Waals surface area contributed by atoms with Gasteiger partial charge < -0.3 is 15.6 Å². The van der Waals surface area contributed by atoms with Crippen molar-refractivity contribution in [3.05, 3.63) is 35.7 Å². The predicted octanol–water partition coefficient (Wildman–Crippen LogP) is 1.30. The zero-order chi connectivity index (χ0) is 15.2. The molecule has 3 N–H and O–H groups in total. The van der Waals surface area contributed by atoms with Gasteiger partial charge in [0.15, 0.2) is 5.82 Å². The second-order valence-corrected chi connectivity index (χ2v) is 4.90. The first-order valence-corrected chi connectivity index (χ1v) is 7.05. The van der Waals surface area contributed by atoms with Crippen LogP contribution < -0.4 is 11.1 Å². The summed E-state index contributed by atoms with van der Waals surface area (Å²) >= 11 is 0. The van der Waals surface area contributed by atoms with Gasteiger partial charge in [0.25, 0.3) is 5.89 Å². The third kappa shape index (κ3) is 4.13. The minimum Gasteiger partial charge on any atom is -0.354 e. The molecule has 1 aromatic carbocycles. The lowest BCUT2D eigenvalue weighted by Gasteiger charge is -2.07. The Kier molecular flexibility index (Phi) is 5.05. The Bertz CT molecular complexity index is 590. The quantitative estimate of drug-likeness (QED) is 0.835. The van der Waals surface area contributed by atoms with Crippen LogP contribution in [-0.2, 0) is 17.6 Å². The van der Waals surface area contributed by atoms with Crippen molar-refractivity contribution < 1.29 is 9.32 Å². The maximum Gasteiger partial charge on any atom is 0.257 e. The average Bonchev–Trinajstić information content (AvgIpc) is 2.96. The standard InChI is InChI=1S/C15H20N4O2/c1-3-13-18-15(21-19-13)12-6-4-11(5-7-12)8-9-17-14(20)10(2)16/h4-7,10H,3,8-9,16H2,1-2H3,(H,17,20)/t10-/m1/s1. The van der Waals surface area contributed by atoms with E-state index >= 15 is 0 Å². The van der Waals surface area contributed by atoms with Gasteiger partial charge in [-0.15, -0.1) is 0 Å². The zero-order valence-electron chi connectivity index (χ0n) is 12.3. The van der Waals surface area contributed by atoms with Crippen LogP contribution in [0.3, 0.4) is 0 Å². The molecule has 0 aliphatic carbocycles. The van der Waals surface area contributed by atoms with Gasteiger partial charge in [-0.05, 0) is 31.0 Å². The molecular weight excluding hydrogens is 268 g/mol. The van der Waals surface area contributed by atoms with Gasteiger partial charge in [0, 0.05) is 18.5 Å². The van der Waals surface area contributed by atoms with E-state index in [-0.39, 0.29) is 5.91 Å². The fourth-order valence-electron chi connectivity index (χ4n) is 1.82. The number of hydrogen-bond donors (Lipinski definition) is 2. The number of carbonyl (C=O) groups is 1. The molecule has 0 aliphatic heterocycles. The summed E-state index contributed by atoms with van der Waals surface area (Å²) in [5.74, 6) is 1.10. The van der Waals surface area contributed by atoms with Crippen molar-refractivity contribution in [2.45, 2.75) is 32.7 Å². The van der Waals surface area contributed by atoms with Crippen LogP contribution in [0.2, 0.25) is 0 Å². The number of aryl methyl sites for hydroxylation is 1. The number of nitrogens with two attached hydrogens (primary N) is 1. The number of aromatic nitrogens is 2. The monoisotopic (exact) mass is 288 g/mol. The molecule has 0 unspecified atom stereocenters. The first kappa shape index (κ1) is 15.2. The van der Waals surface area contributed by atoms with Crippen LogP contribution in [0.1, 0.15) is 25.2 Å². The highest BCUT2D eigenvalue weighted by atomic mass is 16.5. The van der Waals surface area contributed by atoms with Crippen molar-refractivity contribution in [3.8, 4) is 11.5 Å². The number of nitrogens with zero attached hydrogens (tertiary/aromatic N) is 2. The molecule has 6 heteroatoms. The Balaban J connectivity index is 1.91. The first-order valence-electron chi connectivity index (χ1n) is 7.05. The molecule has 0 aliphatic rings. The summed E-state index contributed by atoms with van der Waals surface area (Å²) < 4.78 is 5.19. The van der Waals surface area contributed by atoms with E-state index in [0.29, 0.717) is 18.3 Å². The Morgan fingerprint density at radius 3 is 2.67 bits per heavy atom. The second-order valence-electron chi connectivity index (χ2n) is 4.90. The molecule has 0 saturated heterocycles. The Labute approximate surface area is 123 Å². The van der Waals surface area contributed by atoms with Gasteiger partial charge in [-0.2, -0.15) is 4.98 Å². The highest BCUT2D eigenvalue weighted by molar-refractivity contribution is 5.80. The third-order valence-electron chi connectivity index (χ3n) is 3.11. The zero-order valence-corrected chi connectivity index (χ0v) is 12.3. The van der Waals surface area contributed by atoms with Crippen molar-refractivity contribution in [3.63, 3.8) is 0 Å². The predicted molar refractivity (Wildman–Crippen MR) is 79.5 cm³/mol. The molecule has 0 spiro atoms. The van der Waals surface area contributed by atoms with E-state index in [2.05, 4.69) is 15.5 Å². The highest BCUT2D eigenvalue weighted by Gasteiger charge is 2.08. The lowest BCUT2D eigenvalue weighted by atomic mass is 10.1. The van der Waals surface area contributed by atoms with Gasteiger partial charge in [-0.1, -0.05) is 24.2 Å². The number of nitrogens with one attached hydrogen (secondary N) is 1. The molecule has 0 radical (unpaired) electrons. The van der Waals surface area contributed by atoms with Crippen molar-refractivity contribution in [1.82, 2.24) is 15.5 Å². The maximum atomic E-state index is 11.3. The van der Waals surface area contributed by atoms with Crippen molar-refractivity contribution in [2.75, 3.05) is 6.54 Å². The topological polar surface area (TPSA) is 94.0 Å². The number of carbonyl (C=O) groups excluding carboxylic acids is 1. The maximum absolute atomic E-state index is 11.3. The van der Waals surface area contributed by atoms with Crippen LogP contribution in [0.15, 0.2) is 28.8 Å². The van der Waals surface area contributed by atoms with Crippen molar-refractivity contribution >= 4 is 5.91 Å². The van der Waals surface area contributed by atoms with E-state index in [1.165, 1.54) is 0 Å². The SMILES string of the molecule is CCc1noc(-c2ccc(CCNC(=O)[C@@H](C)N)cc2)n1. The molecule has 0 saturated carbocycles. The molecule has 2 aromatic rings. The number of benzene rings is 1. The summed E-state index contributed by atoms with van der Waals surface area (Å²) in [6.45, 7) is 4.22. The normalized spacial score (nSPS) is 12.1. The minimum atomic E-state index is -0.474. The second kappa shape index (κ2) is 6.99. The fraction of sp³-hybridized carbons (Fsp3) is 0.400. The van der Waals surface area contributed by atoms with E-state index in [9.17, 15) is 4.79 Å². The van der Waals surface area contributed by atoms with E-state index in [1.54, 1.807) is 6.92 Å². The third-order valence-corrected chi connectivity index (χ3v) is 3.11. The van der Waals surface area contributed by atoms with E-state index in [4.69, 9.17) is 10.3 Å². The van der Waals surface area contributed by atoms with Gasteiger partial charge >= 0.3 is 0 Å². The summed E-state index contributed by atoms with van der Waals surface area (Å²) in [7, 11) is 0. The van der Waals surface area contributed by atoms with Gasteiger partial charge in [-0.25, -0.2) is 0 Å². The van der Waals surface area contributed by atoms with E-state index < -0.39 is 6.04 Å². The van der Waals surface area contributed by atoms with E-state index in [0.717, 1.165) is 24.0 Å². The molecule has 6 nitrogen and oxygen atoms in total. The van der Waals surface area contributed by atoms with Crippen molar-refractivity contribution in [1.29, 1.82) is 0 Å². The Morgan fingerprint density at radius 1 is 1.38 bits per heavy atom.